The highest BCUT2D eigenvalue weighted by Gasteiger charge is 2.67. The van der Waals surface area contributed by atoms with Crippen LogP contribution in [0.25, 0.3) is 0 Å². The normalized spacial score (nSPS) is 39.5. The first-order valence-corrected chi connectivity index (χ1v) is 6.98. The molecule has 0 saturated heterocycles. The van der Waals surface area contributed by atoms with Crippen LogP contribution in [0.1, 0.15) is 29.6 Å². The molecule has 3 aliphatic carbocycles. The molecule has 1 aromatic rings. The minimum absolute atomic E-state index is 0.336. The monoisotopic (exact) mass is 242 g/mol. The highest BCUT2D eigenvalue weighted by Crippen LogP contribution is 2.69. The topological polar surface area (TPSA) is 26.3 Å². The van der Waals surface area contributed by atoms with Gasteiger partial charge in [-0.1, -0.05) is 12.1 Å². The maximum absolute atomic E-state index is 12.6. The molecule has 2 bridgehead atoms. The minimum Gasteiger partial charge on any atom is -0.497 e. The zero-order chi connectivity index (χ0) is 12.3. The van der Waals surface area contributed by atoms with Gasteiger partial charge in [0.25, 0.3) is 0 Å². The number of fused-ring (bicyclic) bond motifs is 5. The van der Waals surface area contributed by atoms with Crippen LogP contribution in [0.5, 0.6) is 5.75 Å². The Bertz CT molecular complexity index is 492. The molecule has 0 heterocycles. The molecule has 0 spiro atoms. The largest absolute Gasteiger partial charge is 0.497 e. The van der Waals surface area contributed by atoms with Gasteiger partial charge >= 0.3 is 0 Å². The first-order chi connectivity index (χ1) is 8.79. The third-order valence-electron chi connectivity index (χ3n) is 5.39. The molecule has 4 atom stereocenters. The van der Waals surface area contributed by atoms with Gasteiger partial charge in [-0.25, -0.2) is 0 Å². The van der Waals surface area contributed by atoms with Gasteiger partial charge in [-0.3, -0.25) is 4.79 Å². The first kappa shape index (κ1) is 10.6. The predicted molar refractivity (Wildman–Crippen MR) is 68.6 cm³/mol. The standard InChI is InChI=1S/C16H18O2/c1-18-12-4-2-3-11(8-12)16(17)15-13-9-5-6-10(7-9)14(13)15/h2-4,8-10,13-15H,5-7H2,1H3. The van der Waals surface area contributed by atoms with Crippen LogP contribution in [0.2, 0.25) is 0 Å². The fourth-order valence-electron chi connectivity index (χ4n) is 4.64. The van der Waals surface area contributed by atoms with Crippen LogP contribution in [0.4, 0.5) is 0 Å². The number of hydrogen-bond donors (Lipinski definition) is 0. The van der Waals surface area contributed by atoms with Gasteiger partial charge in [0, 0.05) is 11.5 Å². The summed E-state index contributed by atoms with van der Waals surface area (Å²) < 4.78 is 5.20. The molecule has 0 N–H and O–H groups in total. The van der Waals surface area contributed by atoms with Gasteiger partial charge in [0.15, 0.2) is 5.78 Å². The van der Waals surface area contributed by atoms with Gasteiger partial charge in [-0.15, -0.1) is 0 Å². The second-order valence-electron chi connectivity index (χ2n) is 6.11. The molecule has 0 aliphatic heterocycles. The number of carbonyl (C=O) groups is 1. The molecular weight excluding hydrogens is 224 g/mol. The van der Waals surface area contributed by atoms with E-state index in [0.29, 0.717) is 11.7 Å². The van der Waals surface area contributed by atoms with Gasteiger partial charge in [0.05, 0.1) is 7.11 Å². The molecule has 94 valence electrons. The molecule has 4 unspecified atom stereocenters. The Kier molecular flexibility index (Phi) is 2.12. The van der Waals surface area contributed by atoms with Crippen LogP contribution in [-0.4, -0.2) is 12.9 Å². The minimum atomic E-state index is 0.336. The van der Waals surface area contributed by atoms with E-state index < -0.39 is 0 Å². The summed E-state index contributed by atoms with van der Waals surface area (Å²) in [5, 5.41) is 0. The second-order valence-corrected chi connectivity index (χ2v) is 6.11. The third-order valence-corrected chi connectivity index (χ3v) is 5.39. The predicted octanol–water partition coefficient (Wildman–Crippen LogP) is 3.17. The molecule has 3 fully saturated rings. The maximum atomic E-state index is 12.6. The number of benzene rings is 1. The summed E-state index contributed by atoms with van der Waals surface area (Å²) in [6, 6.07) is 7.63. The molecule has 2 heteroatoms. The summed E-state index contributed by atoms with van der Waals surface area (Å²) >= 11 is 0. The number of methoxy groups -OCH3 is 1. The van der Waals surface area contributed by atoms with E-state index in [1.54, 1.807) is 7.11 Å². The van der Waals surface area contributed by atoms with Crippen LogP contribution < -0.4 is 4.74 Å². The first-order valence-electron chi connectivity index (χ1n) is 6.98. The van der Waals surface area contributed by atoms with Crippen molar-refractivity contribution in [2.24, 2.45) is 29.6 Å². The fraction of sp³-hybridized carbons (Fsp3) is 0.562. The molecular formula is C16H18O2. The van der Waals surface area contributed by atoms with E-state index in [1.807, 2.05) is 24.3 Å². The third kappa shape index (κ3) is 1.32. The van der Waals surface area contributed by atoms with E-state index in [-0.39, 0.29) is 0 Å². The average Bonchev–Trinajstić information content (AvgIpc) is 2.85. The van der Waals surface area contributed by atoms with Crippen molar-refractivity contribution < 1.29 is 9.53 Å². The van der Waals surface area contributed by atoms with Crippen molar-refractivity contribution in [3.63, 3.8) is 0 Å². The molecule has 0 aromatic heterocycles. The number of Topliss-reactive ketones (excluding diaryl/α,β-unsaturated/α-hetero) is 1. The molecule has 1 aromatic carbocycles. The zero-order valence-corrected chi connectivity index (χ0v) is 10.6. The van der Waals surface area contributed by atoms with E-state index in [0.717, 1.165) is 35.0 Å². The number of ketones is 1. The van der Waals surface area contributed by atoms with Crippen molar-refractivity contribution in [1.29, 1.82) is 0 Å². The van der Waals surface area contributed by atoms with E-state index in [1.165, 1.54) is 19.3 Å². The second kappa shape index (κ2) is 3.59. The van der Waals surface area contributed by atoms with E-state index in [4.69, 9.17) is 4.74 Å². The van der Waals surface area contributed by atoms with Crippen molar-refractivity contribution in [2.45, 2.75) is 19.3 Å². The maximum Gasteiger partial charge on any atom is 0.166 e. The van der Waals surface area contributed by atoms with Gasteiger partial charge in [-0.2, -0.15) is 0 Å². The van der Waals surface area contributed by atoms with Gasteiger partial charge < -0.3 is 4.74 Å². The lowest BCUT2D eigenvalue weighted by Crippen LogP contribution is -2.10. The lowest BCUT2D eigenvalue weighted by molar-refractivity contribution is 0.0944. The van der Waals surface area contributed by atoms with Crippen LogP contribution in [0.15, 0.2) is 24.3 Å². The summed E-state index contributed by atoms with van der Waals surface area (Å²) in [5.41, 5.74) is 0.841. The van der Waals surface area contributed by atoms with Crippen LogP contribution >= 0.6 is 0 Å². The van der Waals surface area contributed by atoms with Gasteiger partial charge in [0.1, 0.15) is 5.75 Å². The van der Waals surface area contributed by atoms with E-state index in [9.17, 15) is 4.79 Å². The highest BCUT2D eigenvalue weighted by molar-refractivity contribution is 6.00. The summed E-state index contributed by atoms with van der Waals surface area (Å²) in [7, 11) is 1.65. The Morgan fingerprint density at radius 1 is 1.22 bits per heavy atom. The van der Waals surface area contributed by atoms with Crippen molar-refractivity contribution in [1.82, 2.24) is 0 Å². The summed E-state index contributed by atoms with van der Waals surface area (Å²) in [5.74, 6) is 4.66. The van der Waals surface area contributed by atoms with Gasteiger partial charge in [0.2, 0.25) is 0 Å². The lowest BCUT2D eigenvalue weighted by Gasteiger charge is -2.08. The summed E-state index contributed by atoms with van der Waals surface area (Å²) in [6.45, 7) is 0. The van der Waals surface area contributed by atoms with Crippen molar-refractivity contribution in [3.05, 3.63) is 29.8 Å². The summed E-state index contributed by atoms with van der Waals surface area (Å²) in [6.07, 6.45) is 4.14. The lowest BCUT2D eigenvalue weighted by atomic mass is 9.96. The van der Waals surface area contributed by atoms with Crippen LogP contribution in [-0.2, 0) is 0 Å². The van der Waals surface area contributed by atoms with Crippen LogP contribution in [0, 0.1) is 29.6 Å². The Morgan fingerprint density at radius 3 is 2.61 bits per heavy atom. The zero-order valence-electron chi connectivity index (χ0n) is 10.6. The Labute approximate surface area is 107 Å². The van der Waals surface area contributed by atoms with Gasteiger partial charge in [-0.05, 0) is 55.1 Å². The number of ether oxygens (including phenoxy) is 1. The van der Waals surface area contributed by atoms with E-state index >= 15 is 0 Å². The number of carbonyl (C=O) groups excluding carboxylic acids is 1. The number of rotatable bonds is 3. The average molecular weight is 242 g/mol. The molecule has 0 amide bonds. The summed E-state index contributed by atoms with van der Waals surface area (Å²) in [4.78, 5) is 12.6. The highest BCUT2D eigenvalue weighted by atomic mass is 16.5. The molecule has 18 heavy (non-hydrogen) atoms. The quantitative estimate of drug-likeness (QED) is 0.761. The SMILES string of the molecule is COc1cccc(C(=O)C2C3C4CCC(C4)C23)c1. The van der Waals surface area contributed by atoms with Crippen LogP contribution in [0.3, 0.4) is 0 Å². The Hall–Kier alpha value is -1.31. The Balaban J connectivity index is 1.58. The van der Waals surface area contributed by atoms with E-state index in [2.05, 4.69) is 0 Å². The molecule has 3 aliphatic rings. The number of hydrogen-bond acceptors (Lipinski definition) is 2. The molecule has 3 saturated carbocycles. The van der Waals surface area contributed by atoms with Crippen molar-refractivity contribution in [3.8, 4) is 5.75 Å². The van der Waals surface area contributed by atoms with Crippen molar-refractivity contribution >= 4 is 5.78 Å². The molecule has 2 nitrogen and oxygen atoms in total. The Morgan fingerprint density at radius 2 is 1.94 bits per heavy atom. The molecule has 4 rings (SSSR count). The fourth-order valence-corrected chi connectivity index (χ4v) is 4.64. The van der Waals surface area contributed by atoms with Crippen molar-refractivity contribution in [2.75, 3.05) is 7.11 Å². The smallest absolute Gasteiger partial charge is 0.166 e. The molecule has 0 radical (unpaired) electrons.